The van der Waals surface area contributed by atoms with Gasteiger partial charge in [-0.15, -0.1) is 0 Å². The molecule has 0 aliphatic heterocycles. The molecule has 6 nitrogen and oxygen atoms in total. The van der Waals surface area contributed by atoms with Crippen LogP contribution >= 0.6 is 0 Å². The van der Waals surface area contributed by atoms with Crippen molar-refractivity contribution in [3.8, 4) is 11.5 Å². The first-order valence-corrected chi connectivity index (χ1v) is 6.53. The molecule has 0 atom stereocenters. The first kappa shape index (κ1) is 16.7. The number of benzene rings is 1. The van der Waals surface area contributed by atoms with E-state index in [0.29, 0.717) is 24.7 Å². The lowest BCUT2D eigenvalue weighted by Gasteiger charge is -2.10. The molecule has 0 unspecified atom stereocenters. The predicted octanol–water partition coefficient (Wildman–Crippen LogP) is 2.38. The van der Waals surface area contributed by atoms with Crippen LogP contribution in [0, 0.1) is 0 Å². The fraction of sp³-hybridized carbons (Fsp3) is 0.571. The summed E-state index contributed by atoms with van der Waals surface area (Å²) in [5.74, 6) is 1.31. The van der Waals surface area contributed by atoms with Gasteiger partial charge < -0.3 is 28.4 Å². The minimum Gasteiger partial charge on any atom is -0.467 e. The minimum absolute atomic E-state index is 0.129. The molecule has 20 heavy (non-hydrogen) atoms. The summed E-state index contributed by atoms with van der Waals surface area (Å²) in [7, 11) is 0. The maximum Gasteiger partial charge on any atom is 0.191 e. The van der Waals surface area contributed by atoms with Crippen molar-refractivity contribution < 1.29 is 28.4 Å². The van der Waals surface area contributed by atoms with Crippen LogP contribution in [0.25, 0.3) is 0 Å². The Bertz CT molecular complexity index is 315. The second-order valence-electron chi connectivity index (χ2n) is 3.63. The summed E-state index contributed by atoms with van der Waals surface area (Å²) in [4.78, 5) is 0. The number of rotatable bonds is 12. The quantitative estimate of drug-likeness (QED) is 0.434. The topological polar surface area (TPSA) is 55.4 Å². The third kappa shape index (κ3) is 7.96. The van der Waals surface area contributed by atoms with E-state index in [9.17, 15) is 0 Å². The van der Waals surface area contributed by atoms with Gasteiger partial charge in [-0.05, 0) is 26.0 Å². The van der Waals surface area contributed by atoms with Gasteiger partial charge in [0.15, 0.2) is 27.2 Å². The van der Waals surface area contributed by atoms with Crippen LogP contribution < -0.4 is 9.47 Å². The summed E-state index contributed by atoms with van der Waals surface area (Å²) in [6, 6.07) is 7.22. The van der Waals surface area contributed by atoms with Crippen LogP contribution in [-0.4, -0.2) is 40.4 Å². The molecule has 0 spiro atoms. The number of ether oxygens (including phenoxy) is 6. The van der Waals surface area contributed by atoms with Gasteiger partial charge in [-0.2, -0.15) is 0 Å². The first-order chi connectivity index (χ1) is 9.86. The van der Waals surface area contributed by atoms with E-state index in [2.05, 4.69) is 0 Å². The maximum absolute atomic E-state index is 5.39. The van der Waals surface area contributed by atoms with Crippen molar-refractivity contribution >= 4 is 0 Å². The van der Waals surface area contributed by atoms with Gasteiger partial charge in [-0.3, -0.25) is 0 Å². The van der Waals surface area contributed by atoms with Gasteiger partial charge in [0.2, 0.25) is 0 Å². The van der Waals surface area contributed by atoms with E-state index < -0.39 is 0 Å². The van der Waals surface area contributed by atoms with Crippen molar-refractivity contribution in [1.82, 2.24) is 0 Å². The average Bonchev–Trinajstić information content (AvgIpc) is 2.47. The van der Waals surface area contributed by atoms with Crippen LogP contribution in [0.5, 0.6) is 11.5 Å². The van der Waals surface area contributed by atoms with Gasteiger partial charge in [0.1, 0.15) is 11.5 Å². The molecule has 0 heterocycles. The van der Waals surface area contributed by atoms with Crippen molar-refractivity contribution in [2.45, 2.75) is 13.8 Å². The molecule has 1 aromatic rings. The molecule has 0 bridgehead atoms. The summed E-state index contributed by atoms with van der Waals surface area (Å²) >= 11 is 0. The lowest BCUT2D eigenvalue weighted by atomic mass is 10.3. The minimum atomic E-state index is 0.129. The van der Waals surface area contributed by atoms with E-state index in [4.69, 9.17) is 28.4 Å². The van der Waals surface area contributed by atoms with Crippen LogP contribution in [0.15, 0.2) is 24.3 Å². The van der Waals surface area contributed by atoms with E-state index in [1.54, 1.807) is 6.07 Å². The Morgan fingerprint density at radius 3 is 1.65 bits per heavy atom. The maximum atomic E-state index is 5.39. The highest BCUT2D eigenvalue weighted by atomic mass is 16.7. The molecule has 0 aromatic heterocycles. The monoisotopic (exact) mass is 286 g/mol. The molecular weight excluding hydrogens is 264 g/mol. The lowest BCUT2D eigenvalue weighted by molar-refractivity contribution is -0.0974. The van der Waals surface area contributed by atoms with Gasteiger partial charge in [0.05, 0.1) is 0 Å². The highest BCUT2D eigenvalue weighted by Crippen LogP contribution is 2.19. The highest BCUT2D eigenvalue weighted by molar-refractivity contribution is 5.32. The van der Waals surface area contributed by atoms with Crippen molar-refractivity contribution in [1.29, 1.82) is 0 Å². The second kappa shape index (κ2) is 11.5. The summed E-state index contributed by atoms with van der Waals surface area (Å²) in [5, 5.41) is 0. The van der Waals surface area contributed by atoms with E-state index >= 15 is 0 Å². The third-order valence-corrected chi connectivity index (χ3v) is 2.16. The van der Waals surface area contributed by atoms with Gasteiger partial charge >= 0.3 is 0 Å². The zero-order valence-electron chi connectivity index (χ0n) is 12.0. The summed E-state index contributed by atoms with van der Waals surface area (Å²) < 4.78 is 31.1. The summed E-state index contributed by atoms with van der Waals surface area (Å²) in [6.07, 6.45) is 0. The standard InChI is InChI=1S/C14H22O6/c1-3-15-9-17-11-19-13-6-5-7-14(8-13)20-12-18-10-16-4-2/h5-8H,3-4,9-12H2,1-2H3. The Hall–Kier alpha value is -1.34. The normalized spacial score (nSPS) is 10.5. The molecule has 0 saturated carbocycles. The molecule has 0 fully saturated rings. The summed E-state index contributed by atoms with van der Waals surface area (Å²) in [6.45, 7) is 5.73. The van der Waals surface area contributed by atoms with Gasteiger partial charge in [0.25, 0.3) is 0 Å². The molecule has 1 aromatic carbocycles. The van der Waals surface area contributed by atoms with Crippen molar-refractivity contribution in [2.24, 2.45) is 0 Å². The zero-order chi connectivity index (χ0) is 14.5. The fourth-order valence-electron chi connectivity index (χ4n) is 1.23. The van der Waals surface area contributed by atoms with Crippen LogP contribution in [0.2, 0.25) is 0 Å². The average molecular weight is 286 g/mol. The van der Waals surface area contributed by atoms with E-state index in [1.165, 1.54) is 0 Å². The van der Waals surface area contributed by atoms with Crippen LogP contribution in [-0.2, 0) is 18.9 Å². The van der Waals surface area contributed by atoms with Gasteiger partial charge in [-0.25, -0.2) is 0 Å². The van der Waals surface area contributed by atoms with E-state index in [0.717, 1.165) is 0 Å². The Labute approximate surface area is 119 Å². The molecule has 114 valence electrons. The van der Waals surface area contributed by atoms with Crippen LogP contribution in [0.4, 0.5) is 0 Å². The highest BCUT2D eigenvalue weighted by Gasteiger charge is 1.98. The smallest absolute Gasteiger partial charge is 0.191 e. The molecular formula is C14H22O6. The molecule has 0 saturated heterocycles. The fourth-order valence-corrected chi connectivity index (χ4v) is 1.23. The Kier molecular flexibility index (Phi) is 9.60. The second-order valence-corrected chi connectivity index (χ2v) is 3.63. The molecule has 1 rings (SSSR count). The zero-order valence-corrected chi connectivity index (χ0v) is 12.0. The third-order valence-electron chi connectivity index (χ3n) is 2.16. The number of hydrogen-bond donors (Lipinski definition) is 0. The van der Waals surface area contributed by atoms with Crippen molar-refractivity contribution in [3.05, 3.63) is 24.3 Å². The predicted molar refractivity (Wildman–Crippen MR) is 72.6 cm³/mol. The Morgan fingerprint density at radius 2 is 1.20 bits per heavy atom. The molecule has 0 radical (unpaired) electrons. The summed E-state index contributed by atoms with van der Waals surface area (Å²) in [5.41, 5.74) is 0. The molecule has 0 amide bonds. The van der Waals surface area contributed by atoms with Gasteiger partial charge in [0, 0.05) is 19.3 Å². The van der Waals surface area contributed by atoms with Crippen LogP contribution in [0.1, 0.15) is 13.8 Å². The Morgan fingerprint density at radius 1 is 0.700 bits per heavy atom. The molecule has 0 N–H and O–H groups in total. The largest absolute Gasteiger partial charge is 0.467 e. The SMILES string of the molecule is CCOCOCOc1cccc(OCOCOCC)c1. The molecule has 0 aliphatic rings. The molecule has 6 heteroatoms. The molecule has 0 aliphatic carbocycles. The van der Waals surface area contributed by atoms with Crippen molar-refractivity contribution in [2.75, 3.05) is 40.4 Å². The van der Waals surface area contributed by atoms with E-state index in [1.807, 2.05) is 32.0 Å². The van der Waals surface area contributed by atoms with E-state index in [-0.39, 0.29) is 27.2 Å². The lowest BCUT2D eigenvalue weighted by Crippen LogP contribution is -2.07. The van der Waals surface area contributed by atoms with Crippen LogP contribution in [0.3, 0.4) is 0 Å². The number of hydrogen-bond acceptors (Lipinski definition) is 6. The first-order valence-electron chi connectivity index (χ1n) is 6.53. The van der Waals surface area contributed by atoms with Crippen molar-refractivity contribution in [3.63, 3.8) is 0 Å². The van der Waals surface area contributed by atoms with Gasteiger partial charge in [-0.1, -0.05) is 6.07 Å². The Balaban J connectivity index is 2.19.